The molecular weight excluding hydrogens is 308 g/mol. The van der Waals surface area contributed by atoms with E-state index < -0.39 is 6.04 Å². The first kappa shape index (κ1) is 18.7. The number of nitrogens with zero attached hydrogens (tertiary/aromatic N) is 1. The van der Waals surface area contributed by atoms with Gasteiger partial charge in [-0.05, 0) is 32.1 Å². The van der Waals surface area contributed by atoms with E-state index in [4.69, 9.17) is 4.74 Å². The van der Waals surface area contributed by atoms with E-state index >= 15 is 0 Å². The van der Waals surface area contributed by atoms with Crippen LogP contribution in [0.25, 0.3) is 0 Å². The molecule has 0 aromatic heterocycles. The lowest BCUT2D eigenvalue weighted by Gasteiger charge is -2.35. The molecular formula is C18H30N2O4. The fraction of sp³-hybridized carbons (Fsp3) is 0.833. The molecule has 2 rings (SSSR count). The Morgan fingerprint density at radius 1 is 1.21 bits per heavy atom. The van der Waals surface area contributed by atoms with E-state index in [2.05, 4.69) is 12.2 Å². The highest BCUT2D eigenvalue weighted by Crippen LogP contribution is 2.21. The van der Waals surface area contributed by atoms with Gasteiger partial charge in [-0.25, -0.2) is 0 Å². The first-order valence-electron chi connectivity index (χ1n) is 9.38. The Balaban J connectivity index is 1.88. The maximum absolute atomic E-state index is 12.4. The minimum Gasteiger partial charge on any atom is -0.462 e. The van der Waals surface area contributed by atoms with Crippen molar-refractivity contribution in [1.82, 2.24) is 10.2 Å². The Morgan fingerprint density at radius 3 is 2.67 bits per heavy atom. The van der Waals surface area contributed by atoms with Gasteiger partial charge in [-0.2, -0.15) is 0 Å². The van der Waals surface area contributed by atoms with Gasteiger partial charge in [0.2, 0.25) is 11.8 Å². The van der Waals surface area contributed by atoms with Crippen LogP contribution < -0.4 is 5.32 Å². The number of piperazine rings is 1. The van der Waals surface area contributed by atoms with Gasteiger partial charge in [0.15, 0.2) is 0 Å². The highest BCUT2D eigenvalue weighted by molar-refractivity contribution is 5.91. The largest absolute Gasteiger partial charge is 0.462 e. The fourth-order valence-electron chi connectivity index (χ4n) is 3.46. The number of rotatable bonds is 7. The number of unbranched alkanes of at least 4 members (excludes halogenated alkanes) is 2. The summed E-state index contributed by atoms with van der Waals surface area (Å²) in [5.74, 6) is -0.644. The molecule has 1 atom stereocenters. The van der Waals surface area contributed by atoms with Crippen molar-refractivity contribution in [1.29, 1.82) is 0 Å². The molecule has 1 aliphatic carbocycles. The first-order valence-corrected chi connectivity index (χ1v) is 9.38. The molecule has 0 aromatic carbocycles. The summed E-state index contributed by atoms with van der Waals surface area (Å²) in [4.78, 5) is 38.3. The molecule has 0 bridgehead atoms. The summed E-state index contributed by atoms with van der Waals surface area (Å²) in [7, 11) is 0. The molecule has 24 heavy (non-hydrogen) atoms. The second-order valence-corrected chi connectivity index (χ2v) is 6.81. The zero-order valence-electron chi connectivity index (χ0n) is 14.7. The van der Waals surface area contributed by atoms with E-state index in [1.807, 2.05) is 0 Å². The second kappa shape index (κ2) is 9.64. The molecule has 6 nitrogen and oxygen atoms in total. The topological polar surface area (TPSA) is 75.7 Å². The number of hydrogen-bond acceptors (Lipinski definition) is 4. The van der Waals surface area contributed by atoms with Crippen LogP contribution in [0, 0.1) is 0 Å². The smallest absolute Gasteiger partial charge is 0.308 e. The van der Waals surface area contributed by atoms with Gasteiger partial charge < -0.3 is 15.0 Å². The number of carbonyl (C=O) groups is 3. The van der Waals surface area contributed by atoms with Gasteiger partial charge in [0, 0.05) is 19.5 Å². The summed E-state index contributed by atoms with van der Waals surface area (Å²) in [6, 6.07) is -0.719. The van der Waals surface area contributed by atoms with E-state index in [1.54, 1.807) is 4.90 Å². The quantitative estimate of drug-likeness (QED) is 0.570. The first-order chi connectivity index (χ1) is 11.6. The number of ether oxygens (including phenoxy) is 1. The number of amides is 2. The van der Waals surface area contributed by atoms with Gasteiger partial charge in [-0.15, -0.1) is 0 Å². The zero-order chi connectivity index (χ0) is 17.4. The number of hydrogen-bond donors (Lipinski definition) is 1. The van der Waals surface area contributed by atoms with Crippen LogP contribution in [0.3, 0.4) is 0 Å². The van der Waals surface area contributed by atoms with Crippen LogP contribution in [0.5, 0.6) is 0 Å². The Hall–Kier alpha value is -1.59. The SMILES string of the molecule is CCCCCC(=O)N1CCNC(=O)[C@@H]1CC(=O)OC1CCCCC1. The van der Waals surface area contributed by atoms with Crippen LogP contribution in [-0.4, -0.2) is 47.9 Å². The monoisotopic (exact) mass is 338 g/mol. The lowest BCUT2D eigenvalue weighted by Crippen LogP contribution is -2.57. The average Bonchev–Trinajstić information content (AvgIpc) is 2.57. The Kier molecular flexibility index (Phi) is 7.53. The Bertz CT molecular complexity index is 446. The fourth-order valence-corrected chi connectivity index (χ4v) is 3.46. The predicted octanol–water partition coefficient (Wildman–Crippen LogP) is 2.16. The molecule has 1 aliphatic heterocycles. The summed E-state index contributed by atoms with van der Waals surface area (Å²) in [6.45, 7) is 3.01. The van der Waals surface area contributed by atoms with Crippen molar-refractivity contribution in [3.05, 3.63) is 0 Å². The van der Waals surface area contributed by atoms with Crippen LogP contribution in [0.1, 0.15) is 71.1 Å². The van der Waals surface area contributed by atoms with E-state index in [-0.39, 0.29) is 30.3 Å². The van der Waals surface area contributed by atoms with Crippen LogP contribution in [0.4, 0.5) is 0 Å². The third-order valence-corrected chi connectivity index (χ3v) is 4.86. The normalized spacial score (nSPS) is 22.1. The van der Waals surface area contributed by atoms with Crippen LogP contribution in [-0.2, 0) is 19.1 Å². The minimum atomic E-state index is -0.719. The molecule has 0 radical (unpaired) electrons. The second-order valence-electron chi connectivity index (χ2n) is 6.81. The van der Waals surface area contributed by atoms with Gasteiger partial charge in [0.25, 0.3) is 0 Å². The standard InChI is InChI=1S/C18H30N2O4/c1-2-3-5-10-16(21)20-12-11-19-18(23)15(20)13-17(22)24-14-8-6-4-7-9-14/h14-15H,2-13H2,1H3,(H,19,23)/t15-/m0/s1. The third kappa shape index (κ3) is 5.49. The van der Waals surface area contributed by atoms with Crippen molar-refractivity contribution in [2.75, 3.05) is 13.1 Å². The molecule has 0 unspecified atom stereocenters. The molecule has 1 heterocycles. The molecule has 1 N–H and O–H groups in total. The van der Waals surface area contributed by atoms with Crippen molar-refractivity contribution in [2.45, 2.75) is 83.3 Å². The van der Waals surface area contributed by atoms with Crippen molar-refractivity contribution in [3.63, 3.8) is 0 Å². The van der Waals surface area contributed by atoms with Gasteiger partial charge >= 0.3 is 5.97 Å². The maximum atomic E-state index is 12.4. The third-order valence-electron chi connectivity index (χ3n) is 4.86. The Morgan fingerprint density at radius 2 is 1.96 bits per heavy atom. The van der Waals surface area contributed by atoms with Crippen LogP contribution >= 0.6 is 0 Å². The summed E-state index contributed by atoms with van der Waals surface area (Å²) >= 11 is 0. The molecule has 0 spiro atoms. The number of esters is 1. The summed E-state index contributed by atoms with van der Waals surface area (Å²) in [5, 5.41) is 2.75. The summed E-state index contributed by atoms with van der Waals surface area (Å²) in [6.07, 6.45) is 8.43. The molecule has 6 heteroatoms. The summed E-state index contributed by atoms with van der Waals surface area (Å²) in [5.41, 5.74) is 0. The lowest BCUT2D eigenvalue weighted by atomic mass is 9.98. The zero-order valence-corrected chi connectivity index (χ0v) is 14.7. The minimum absolute atomic E-state index is 0.0217. The van der Waals surface area contributed by atoms with E-state index in [0.29, 0.717) is 19.5 Å². The predicted molar refractivity (Wildman–Crippen MR) is 90.2 cm³/mol. The molecule has 0 aromatic rings. The number of carbonyl (C=O) groups excluding carboxylic acids is 3. The van der Waals surface area contributed by atoms with Crippen molar-refractivity contribution in [2.24, 2.45) is 0 Å². The highest BCUT2D eigenvalue weighted by Gasteiger charge is 2.35. The van der Waals surface area contributed by atoms with Gasteiger partial charge in [-0.3, -0.25) is 14.4 Å². The highest BCUT2D eigenvalue weighted by atomic mass is 16.5. The summed E-state index contributed by atoms with van der Waals surface area (Å²) < 4.78 is 5.51. The molecule has 2 fully saturated rings. The van der Waals surface area contributed by atoms with Crippen molar-refractivity contribution >= 4 is 17.8 Å². The van der Waals surface area contributed by atoms with E-state index in [9.17, 15) is 14.4 Å². The van der Waals surface area contributed by atoms with Gasteiger partial charge in [-0.1, -0.05) is 26.2 Å². The van der Waals surface area contributed by atoms with Crippen LogP contribution in [0.15, 0.2) is 0 Å². The van der Waals surface area contributed by atoms with Gasteiger partial charge in [0.05, 0.1) is 6.42 Å². The van der Waals surface area contributed by atoms with E-state index in [0.717, 1.165) is 44.9 Å². The number of nitrogens with one attached hydrogen (secondary N) is 1. The average molecular weight is 338 g/mol. The molecule has 136 valence electrons. The molecule has 2 aliphatic rings. The van der Waals surface area contributed by atoms with E-state index in [1.165, 1.54) is 6.42 Å². The Labute approximate surface area is 144 Å². The molecule has 1 saturated carbocycles. The maximum Gasteiger partial charge on any atom is 0.308 e. The molecule has 2 amide bonds. The van der Waals surface area contributed by atoms with Crippen molar-refractivity contribution in [3.8, 4) is 0 Å². The lowest BCUT2D eigenvalue weighted by molar-refractivity contribution is -0.156. The molecule has 1 saturated heterocycles. The van der Waals surface area contributed by atoms with Gasteiger partial charge in [0.1, 0.15) is 12.1 Å². The van der Waals surface area contributed by atoms with Crippen molar-refractivity contribution < 1.29 is 19.1 Å². The van der Waals surface area contributed by atoms with Crippen LogP contribution in [0.2, 0.25) is 0 Å².